The van der Waals surface area contributed by atoms with Crippen LogP contribution in [0.2, 0.25) is 0 Å². The van der Waals surface area contributed by atoms with E-state index in [1.807, 2.05) is 31.2 Å². The van der Waals surface area contributed by atoms with Crippen LogP contribution in [0.5, 0.6) is 0 Å². The third kappa shape index (κ3) is 4.82. The highest BCUT2D eigenvalue weighted by molar-refractivity contribution is 5.92. The molecule has 2 amide bonds. The largest absolute Gasteiger partial charge is 0.378 e. The van der Waals surface area contributed by atoms with Crippen LogP contribution in [0.4, 0.5) is 0 Å². The van der Waals surface area contributed by atoms with Gasteiger partial charge in [-0.1, -0.05) is 24.0 Å². The SMILES string of the molecule is Cc1cn2cc(C(N)=O)nc(-c3cccc(C#CC(C)(O)CCN(C)C=O)c3)c2n1. The van der Waals surface area contributed by atoms with Crippen LogP contribution < -0.4 is 5.73 Å². The Morgan fingerprint density at radius 2 is 2.13 bits per heavy atom. The molecule has 0 spiro atoms. The van der Waals surface area contributed by atoms with Crippen molar-refractivity contribution in [3.05, 3.63) is 53.6 Å². The Balaban J connectivity index is 1.97. The second kappa shape index (κ2) is 8.35. The predicted molar refractivity (Wildman–Crippen MR) is 112 cm³/mol. The van der Waals surface area contributed by atoms with Crippen LogP contribution in [0, 0.1) is 18.8 Å². The van der Waals surface area contributed by atoms with Crippen LogP contribution in [0.3, 0.4) is 0 Å². The van der Waals surface area contributed by atoms with Crippen molar-refractivity contribution in [3.63, 3.8) is 0 Å². The van der Waals surface area contributed by atoms with Gasteiger partial charge in [-0.3, -0.25) is 9.59 Å². The van der Waals surface area contributed by atoms with E-state index in [0.717, 1.165) is 11.3 Å². The van der Waals surface area contributed by atoms with E-state index in [-0.39, 0.29) is 5.69 Å². The van der Waals surface area contributed by atoms with Crippen molar-refractivity contribution < 1.29 is 14.7 Å². The maximum absolute atomic E-state index is 11.7. The fourth-order valence-corrected chi connectivity index (χ4v) is 2.89. The number of amides is 2. The van der Waals surface area contributed by atoms with E-state index in [9.17, 15) is 14.7 Å². The molecule has 3 N–H and O–H groups in total. The Labute approximate surface area is 174 Å². The topological polar surface area (TPSA) is 114 Å². The Kier molecular flexibility index (Phi) is 5.85. The molecule has 1 unspecified atom stereocenters. The number of aromatic nitrogens is 3. The van der Waals surface area contributed by atoms with Crippen molar-refractivity contribution in [1.82, 2.24) is 19.3 Å². The van der Waals surface area contributed by atoms with Gasteiger partial charge in [0.2, 0.25) is 6.41 Å². The number of primary amides is 1. The zero-order chi connectivity index (χ0) is 21.9. The van der Waals surface area contributed by atoms with Crippen LogP contribution in [-0.2, 0) is 4.79 Å². The lowest BCUT2D eigenvalue weighted by Gasteiger charge is -2.19. The van der Waals surface area contributed by atoms with Gasteiger partial charge in [-0.05, 0) is 26.0 Å². The molecule has 1 aromatic carbocycles. The van der Waals surface area contributed by atoms with E-state index in [1.54, 1.807) is 30.8 Å². The lowest BCUT2D eigenvalue weighted by atomic mass is 10.0. The quantitative estimate of drug-likeness (QED) is 0.475. The number of rotatable bonds is 6. The molecule has 0 radical (unpaired) electrons. The molecule has 3 rings (SSSR count). The fourth-order valence-electron chi connectivity index (χ4n) is 2.89. The van der Waals surface area contributed by atoms with Gasteiger partial charge in [-0.15, -0.1) is 0 Å². The monoisotopic (exact) mass is 405 g/mol. The van der Waals surface area contributed by atoms with Gasteiger partial charge in [-0.2, -0.15) is 0 Å². The van der Waals surface area contributed by atoms with E-state index in [1.165, 1.54) is 4.90 Å². The molecule has 0 aliphatic rings. The minimum Gasteiger partial charge on any atom is -0.378 e. The molecule has 8 nitrogen and oxygen atoms in total. The van der Waals surface area contributed by atoms with Gasteiger partial charge in [-0.25, -0.2) is 9.97 Å². The summed E-state index contributed by atoms with van der Waals surface area (Å²) in [5.74, 6) is 5.20. The van der Waals surface area contributed by atoms with E-state index in [0.29, 0.717) is 36.3 Å². The van der Waals surface area contributed by atoms with Crippen molar-refractivity contribution in [2.45, 2.75) is 25.9 Å². The maximum Gasteiger partial charge on any atom is 0.268 e. The highest BCUT2D eigenvalue weighted by Gasteiger charge is 2.17. The first-order valence-corrected chi connectivity index (χ1v) is 9.36. The molecular formula is C22H23N5O3. The smallest absolute Gasteiger partial charge is 0.268 e. The summed E-state index contributed by atoms with van der Waals surface area (Å²) in [4.78, 5) is 32.7. The second-order valence-electron chi connectivity index (χ2n) is 7.39. The number of nitrogens with zero attached hydrogens (tertiary/aromatic N) is 4. The van der Waals surface area contributed by atoms with Crippen molar-refractivity contribution >= 4 is 18.0 Å². The van der Waals surface area contributed by atoms with Gasteiger partial charge < -0.3 is 20.1 Å². The molecule has 0 saturated carbocycles. The van der Waals surface area contributed by atoms with E-state index in [2.05, 4.69) is 21.8 Å². The fraction of sp³-hybridized carbons (Fsp3) is 0.273. The van der Waals surface area contributed by atoms with Crippen LogP contribution in [0.1, 0.15) is 35.1 Å². The number of aryl methyl sites for hydroxylation is 1. The molecule has 1 atom stereocenters. The van der Waals surface area contributed by atoms with Crippen molar-refractivity contribution in [3.8, 4) is 23.1 Å². The van der Waals surface area contributed by atoms with Gasteiger partial charge in [0.05, 0.1) is 5.69 Å². The number of fused-ring (bicyclic) bond motifs is 1. The molecule has 30 heavy (non-hydrogen) atoms. The minimum atomic E-state index is -1.25. The lowest BCUT2D eigenvalue weighted by Crippen LogP contribution is -2.29. The van der Waals surface area contributed by atoms with Crippen molar-refractivity contribution in [2.24, 2.45) is 5.73 Å². The van der Waals surface area contributed by atoms with Crippen molar-refractivity contribution in [1.29, 1.82) is 0 Å². The summed E-state index contributed by atoms with van der Waals surface area (Å²) in [7, 11) is 1.64. The van der Waals surface area contributed by atoms with E-state index >= 15 is 0 Å². The minimum absolute atomic E-state index is 0.133. The first-order valence-electron chi connectivity index (χ1n) is 9.36. The summed E-state index contributed by atoms with van der Waals surface area (Å²) in [6.45, 7) is 3.86. The van der Waals surface area contributed by atoms with Crippen LogP contribution in [-0.4, -0.2) is 55.9 Å². The predicted octanol–water partition coefficient (Wildman–Crippen LogP) is 1.38. The van der Waals surface area contributed by atoms with Crippen molar-refractivity contribution in [2.75, 3.05) is 13.6 Å². The van der Waals surface area contributed by atoms with Gasteiger partial charge in [0, 0.05) is 43.5 Å². The molecule has 0 saturated heterocycles. The highest BCUT2D eigenvalue weighted by atomic mass is 16.3. The maximum atomic E-state index is 11.7. The molecule has 154 valence electrons. The summed E-state index contributed by atoms with van der Waals surface area (Å²) in [5.41, 5.74) is 7.62. The average molecular weight is 405 g/mol. The first-order chi connectivity index (χ1) is 14.2. The number of hydrogen-bond donors (Lipinski definition) is 2. The Bertz CT molecular complexity index is 1170. The molecular weight excluding hydrogens is 382 g/mol. The molecule has 2 heterocycles. The van der Waals surface area contributed by atoms with Gasteiger partial charge in [0.15, 0.2) is 5.65 Å². The zero-order valence-corrected chi connectivity index (χ0v) is 17.1. The summed E-state index contributed by atoms with van der Waals surface area (Å²) in [5, 5.41) is 10.5. The summed E-state index contributed by atoms with van der Waals surface area (Å²) >= 11 is 0. The molecule has 2 aromatic heterocycles. The zero-order valence-electron chi connectivity index (χ0n) is 17.1. The van der Waals surface area contributed by atoms with Gasteiger partial charge in [0.25, 0.3) is 5.91 Å². The molecule has 0 aliphatic carbocycles. The van der Waals surface area contributed by atoms with Gasteiger partial charge in [0.1, 0.15) is 17.0 Å². The number of hydrogen-bond acceptors (Lipinski definition) is 5. The van der Waals surface area contributed by atoms with Gasteiger partial charge >= 0.3 is 0 Å². The summed E-state index contributed by atoms with van der Waals surface area (Å²) in [6.07, 6.45) is 4.38. The molecule has 3 aromatic rings. The first kappa shape index (κ1) is 21.0. The number of aliphatic hydroxyl groups is 1. The van der Waals surface area contributed by atoms with Crippen LogP contribution in [0.25, 0.3) is 16.9 Å². The average Bonchev–Trinajstić information content (AvgIpc) is 3.10. The van der Waals surface area contributed by atoms with Crippen LogP contribution in [0.15, 0.2) is 36.7 Å². The lowest BCUT2D eigenvalue weighted by molar-refractivity contribution is -0.117. The third-order valence-corrected chi connectivity index (χ3v) is 4.55. The summed E-state index contributed by atoms with van der Waals surface area (Å²) in [6, 6.07) is 7.30. The molecule has 8 heteroatoms. The number of carbonyl (C=O) groups is 2. The number of benzene rings is 1. The Hall–Kier alpha value is -3.70. The summed E-state index contributed by atoms with van der Waals surface area (Å²) < 4.78 is 1.73. The number of carbonyl (C=O) groups excluding carboxylic acids is 2. The number of imidazole rings is 1. The molecule has 0 aliphatic heterocycles. The second-order valence-corrected chi connectivity index (χ2v) is 7.39. The van der Waals surface area contributed by atoms with Crippen LogP contribution >= 0.6 is 0 Å². The normalized spacial score (nSPS) is 12.7. The Morgan fingerprint density at radius 1 is 1.37 bits per heavy atom. The third-order valence-electron chi connectivity index (χ3n) is 4.55. The van der Waals surface area contributed by atoms with E-state index < -0.39 is 11.5 Å². The Morgan fingerprint density at radius 3 is 2.83 bits per heavy atom. The van der Waals surface area contributed by atoms with E-state index in [4.69, 9.17) is 5.73 Å². The number of nitrogens with two attached hydrogens (primary N) is 1. The highest BCUT2D eigenvalue weighted by Crippen LogP contribution is 2.24. The molecule has 0 fully saturated rings. The standard InChI is InChI=1S/C22H23N5O3/c1-15-12-27-13-18(20(23)29)25-19(21(27)24-15)17-6-4-5-16(11-17)7-8-22(2,30)9-10-26(3)14-28/h4-6,11-14,30H,9-10H2,1-3H3,(H2,23,29). The molecule has 0 bridgehead atoms.